The number of hydrogen-bond donors (Lipinski definition) is 1. The second-order valence-electron chi connectivity index (χ2n) is 3.43. The molecule has 0 fully saturated rings. The highest BCUT2D eigenvalue weighted by molar-refractivity contribution is 5.82. The quantitative estimate of drug-likeness (QED) is 0.865. The van der Waals surface area contributed by atoms with Gasteiger partial charge in [-0.1, -0.05) is 12.1 Å². The zero-order chi connectivity index (χ0) is 13.1. The summed E-state index contributed by atoms with van der Waals surface area (Å²) in [7, 11) is 0. The molecule has 0 bridgehead atoms. The molecule has 0 aliphatic rings. The van der Waals surface area contributed by atoms with Gasteiger partial charge in [0.2, 0.25) is 0 Å². The van der Waals surface area contributed by atoms with Crippen LogP contribution in [-0.4, -0.2) is 12.1 Å². The molecule has 6 heteroatoms. The fraction of sp³-hybridized carbons (Fsp3) is 0.273. The number of amides is 1. The standard InChI is InChI=1S/C11H9F3N2O/c1-7(16-10(17)11(12,13)14)9-4-2-8(6-15)3-5-9/h2-5,7H,1H3,(H,16,17)/t7-/m0/s1. The van der Waals surface area contributed by atoms with Crippen molar-refractivity contribution in [3.63, 3.8) is 0 Å². The third-order valence-electron chi connectivity index (χ3n) is 2.14. The molecule has 1 aromatic carbocycles. The first kappa shape index (κ1) is 13.0. The lowest BCUT2D eigenvalue weighted by Gasteiger charge is -2.15. The number of carbonyl (C=O) groups is 1. The minimum atomic E-state index is -4.89. The normalized spacial score (nSPS) is 12.6. The lowest BCUT2D eigenvalue weighted by atomic mass is 10.1. The minimum Gasteiger partial charge on any atom is -0.342 e. The Morgan fingerprint density at radius 3 is 2.29 bits per heavy atom. The van der Waals surface area contributed by atoms with Crippen molar-refractivity contribution in [3.8, 4) is 6.07 Å². The second-order valence-corrected chi connectivity index (χ2v) is 3.43. The molecule has 0 unspecified atom stereocenters. The molecular weight excluding hydrogens is 233 g/mol. The Balaban J connectivity index is 2.74. The Labute approximate surface area is 95.9 Å². The lowest BCUT2D eigenvalue weighted by molar-refractivity contribution is -0.174. The third kappa shape index (κ3) is 3.48. The first-order chi connectivity index (χ1) is 7.84. The van der Waals surface area contributed by atoms with Crippen LogP contribution >= 0.6 is 0 Å². The number of rotatable bonds is 2. The van der Waals surface area contributed by atoms with Gasteiger partial charge in [0.25, 0.3) is 0 Å². The van der Waals surface area contributed by atoms with Gasteiger partial charge in [-0.15, -0.1) is 0 Å². The van der Waals surface area contributed by atoms with Crippen LogP contribution < -0.4 is 5.32 Å². The molecule has 1 aromatic rings. The topological polar surface area (TPSA) is 52.9 Å². The van der Waals surface area contributed by atoms with Crippen molar-refractivity contribution in [2.75, 3.05) is 0 Å². The predicted molar refractivity (Wildman–Crippen MR) is 53.8 cm³/mol. The number of hydrogen-bond acceptors (Lipinski definition) is 2. The molecule has 0 saturated heterocycles. The van der Waals surface area contributed by atoms with Gasteiger partial charge < -0.3 is 5.32 Å². The summed E-state index contributed by atoms with van der Waals surface area (Å²) >= 11 is 0. The van der Waals surface area contributed by atoms with Gasteiger partial charge in [-0.3, -0.25) is 4.79 Å². The molecule has 3 nitrogen and oxygen atoms in total. The zero-order valence-electron chi connectivity index (χ0n) is 8.88. The van der Waals surface area contributed by atoms with E-state index in [2.05, 4.69) is 0 Å². The number of alkyl halides is 3. The summed E-state index contributed by atoms with van der Waals surface area (Å²) in [4.78, 5) is 10.7. The molecular formula is C11H9F3N2O. The van der Waals surface area contributed by atoms with Crippen LogP contribution in [0.2, 0.25) is 0 Å². The maximum Gasteiger partial charge on any atom is 0.471 e. The molecule has 17 heavy (non-hydrogen) atoms. The SMILES string of the molecule is C[C@H](NC(=O)C(F)(F)F)c1ccc(C#N)cc1. The highest BCUT2D eigenvalue weighted by Gasteiger charge is 2.39. The summed E-state index contributed by atoms with van der Waals surface area (Å²) in [5.41, 5.74) is 0.907. The Morgan fingerprint density at radius 2 is 1.88 bits per heavy atom. The number of nitrogens with one attached hydrogen (secondary N) is 1. The Bertz CT molecular complexity index is 445. The molecule has 0 spiro atoms. The van der Waals surface area contributed by atoms with Crippen LogP contribution in [-0.2, 0) is 4.79 Å². The van der Waals surface area contributed by atoms with Gasteiger partial charge in [0.1, 0.15) is 0 Å². The van der Waals surface area contributed by atoms with Gasteiger partial charge in [0.15, 0.2) is 0 Å². The largest absolute Gasteiger partial charge is 0.471 e. The number of halogens is 3. The number of nitriles is 1. The molecule has 1 rings (SSSR count). The van der Waals surface area contributed by atoms with E-state index in [1.807, 2.05) is 11.4 Å². The van der Waals surface area contributed by atoms with E-state index in [9.17, 15) is 18.0 Å². The van der Waals surface area contributed by atoms with E-state index in [1.54, 1.807) is 0 Å². The summed E-state index contributed by atoms with van der Waals surface area (Å²) in [6.45, 7) is 1.44. The molecule has 0 saturated carbocycles. The van der Waals surface area contributed by atoms with Crippen LogP contribution in [0.1, 0.15) is 24.1 Å². The van der Waals surface area contributed by atoms with Gasteiger partial charge in [0, 0.05) is 0 Å². The van der Waals surface area contributed by atoms with Crippen molar-refractivity contribution >= 4 is 5.91 Å². The van der Waals surface area contributed by atoms with Crippen molar-refractivity contribution in [2.24, 2.45) is 0 Å². The minimum absolute atomic E-state index is 0.406. The third-order valence-corrected chi connectivity index (χ3v) is 2.14. The van der Waals surface area contributed by atoms with E-state index in [1.165, 1.54) is 31.2 Å². The van der Waals surface area contributed by atoms with E-state index in [0.717, 1.165) is 0 Å². The molecule has 90 valence electrons. The second kappa shape index (κ2) is 4.87. The number of benzene rings is 1. The van der Waals surface area contributed by atoms with E-state index in [4.69, 9.17) is 5.26 Å². The summed E-state index contributed by atoms with van der Waals surface area (Å²) in [5, 5.41) is 10.4. The molecule has 0 aromatic heterocycles. The Kier molecular flexibility index (Phi) is 3.73. The number of carbonyl (C=O) groups excluding carboxylic acids is 1. The molecule has 1 atom stereocenters. The predicted octanol–water partition coefficient (Wildman–Crippen LogP) is 2.30. The summed E-state index contributed by atoms with van der Waals surface area (Å²) in [6, 6.07) is 7.08. The molecule has 1 N–H and O–H groups in total. The van der Waals surface area contributed by atoms with Crippen LogP contribution in [0.5, 0.6) is 0 Å². The first-order valence-electron chi connectivity index (χ1n) is 4.72. The van der Waals surface area contributed by atoms with E-state index in [0.29, 0.717) is 11.1 Å². The van der Waals surface area contributed by atoms with Crippen LogP contribution in [0.4, 0.5) is 13.2 Å². The van der Waals surface area contributed by atoms with Crippen molar-refractivity contribution in [1.29, 1.82) is 5.26 Å². The van der Waals surface area contributed by atoms with Gasteiger partial charge in [-0.05, 0) is 24.6 Å². The van der Waals surface area contributed by atoms with Crippen molar-refractivity contribution < 1.29 is 18.0 Å². The lowest BCUT2D eigenvalue weighted by Crippen LogP contribution is -2.38. The van der Waals surface area contributed by atoms with Crippen LogP contribution in [0.25, 0.3) is 0 Å². The van der Waals surface area contributed by atoms with E-state index in [-0.39, 0.29) is 0 Å². The summed E-state index contributed by atoms with van der Waals surface area (Å²) < 4.78 is 36.0. The van der Waals surface area contributed by atoms with Crippen LogP contribution in [0.15, 0.2) is 24.3 Å². The Hall–Kier alpha value is -2.03. The van der Waals surface area contributed by atoms with E-state index < -0.39 is 18.1 Å². The van der Waals surface area contributed by atoms with Crippen molar-refractivity contribution in [3.05, 3.63) is 35.4 Å². The molecule has 0 heterocycles. The molecule has 1 amide bonds. The highest BCUT2D eigenvalue weighted by atomic mass is 19.4. The number of nitrogens with zero attached hydrogens (tertiary/aromatic N) is 1. The summed E-state index contributed by atoms with van der Waals surface area (Å²) in [6.07, 6.45) is -4.89. The van der Waals surface area contributed by atoms with Gasteiger partial charge in [-0.2, -0.15) is 18.4 Å². The average Bonchev–Trinajstić information content (AvgIpc) is 2.27. The van der Waals surface area contributed by atoms with Gasteiger partial charge in [0.05, 0.1) is 17.7 Å². The van der Waals surface area contributed by atoms with Gasteiger partial charge in [-0.25, -0.2) is 0 Å². The fourth-order valence-electron chi connectivity index (χ4n) is 1.21. The zero-order valence-corrected chi connectivity index (χ0v) is 8.88. The van der Waals surface area contributed by atoms with E-state index >= 15 is 0 Å². The summed E-state index contributed by atoms with van der Waals surface area (Å²) in [5.74, 6) is -1.98. The van der Waals surface area contributed by atoms with Crippen LogP contribution in [0, 0.1) is 11.3 Å². The monoisotopic (exact) mass is 242 g/mol. The molecule has 0 radical (unpaired) electrons. The highest BCUT2D eigenvalue weighted by Crippen LogP contribution is 2.18. The van der Waals surface area contributed by atoms with Crippen molar-refractivity contribution in [2.45, 2.75) is 19.1 Å². The maximum atomic E-state index is 12.0. The molecule has 0 aliphatic carbocycles. The molecule has 0 aliphatic heterocycles. The first-order valence-corrected chi connectivity index (χ1v) is 4.72. The van der Waals surface area contributed by atoms with Crippen LogP contribution in [0.3, 0.4) is 0 Å². The van der Waals surface area contributed by atoms with Crippen molar-refractivity contribution in [1.82, 2.24) is 5.32 Å². The fourth-order valence-corrected chi connectivity index (χ4v) is 1.21. The smallest absolute Gasteiger partial charge is 0.342 e. The average molecular weight is 242 g/mol. The maximum absolute atomic E-state index is 12.0. The van der Waals surface area contributed by atoms with Gasteiger partial charge >= 0.3 is 12.1 Å². The Morgan fingerprint density at radius 1 is 1.35 bits per heavy atom.